The third kappa shape index (κ3) is 1.26. The minimum absolute atomic E-state index is 0.829. The number of nitrogen functional groups attached to an aromatic ring is 1. The largest absolute Gasteiger partial charge is 0.399 e. The molecule has 0 heterocycles. The van der Waals surface area contributed by atoms with Crippen molar-refractivity contribution in [3.63, 3.8) is 0 Å². The third-order valence-electron chi connectivity index (χ3n) is 2.58. The third-order valence-corrected chi connectivity index (χ3v) is 2.58. The molecule has 0 aliphatic carbocycles. The van der Waals surface area contributed by atoms with E-state index in [0.717, 1.165) is 5.69 Å². The molecule has 0 saturated carbocycles. The van der Waals surface area contributed by atoms with Gasteiger partial charge in [-0.05, 0) is 47.9 Å². The Bertz CT molecular complexity index is 458. The Morgan fingerprint density at radius 2 is 1.77 bits per heavy atom. The maximum atomic E-state index is 5.71. The van der Waals surface area contributed by atoms with Crippen molar-refractivity contribution in [3.05, 3.63) is 41.5 Å². The van der Waals surface area contributed by atoms with Crippen LogP contribution in [0.3, 0.4) is 0 Å². The lowest BCUT2D eigenvalue weighted by Crippen LogP contribution is -1.87. The molecule has 2 N–H and O–H groups in total. The van der Waals surface area contributed by atoms with Gasteiger partial charge in [0.1, 0.15) is 0 Å². The predicted octanol–water partition coefficient (Wildman–Crippen LogP) is 3.04. The summed E-state index contributed by atoms with van der Waals surface area (Å²) in [4.78, 5) is 0. The number of benzene rings is 2. The molecule has 13 heavy (non-hydrogen) atoms. The summed E-state index contributed by atoms with van der Waals surface area (Å²) in [6.45, 7) is 4.28. The van der Waals surface area contributed by atoms with Crippen molar-refractivity contribution in [1.29, 1.82) is 0 Å². The minimum Gasteiger partial charge on any atom is -0.399 e. The monoisotopic (exact) mass is 171 g/mol. The molecule has 2 rings (SSSR count). The SMILES string of the molecule is Cc1ccc2cc(N)ccc2c1C. The molecule has 0 bridgehead atoms. The molecule has 66 valence electrons. The summed E-state index contributed by atoms with van der Waals surface area (Å²) in [5, 5.41) is 2.53. The molecule has 0 aliphatic rings. The van der Waals surface area contributed by atoms with Gasteiger partial charge in [-0.15, -0.1) is 0 Å². The van der Waals surface area contributed by atoms with Crippen LogP contribution in [0, 0.1) is 13.8 Å². The lowest BCUT2D eigenvalue weighted by molar-refractivity contribution is 1.38. The van der Waals surface area contributed by atoms with E-state index in [2.05, 4.69) is 32.0 Å². The van der Waals surface area contributed by atoms with Crippen LogP contribution in [0.15, 0.2) is 30.3 Å². The van der Waals surface area contributed by atoms with Crippen LogP contribution in [-0.4, -0.2) is 0 Å². The lowest BCUT2D eigenvalue weighted by atomic mass is 10.0. The summed E-state index contributed by atoms with van der Waals surface area (Å²) in [7, 11) is 0. The van der Waals surface area contributed by atoms with Gasteiger partial charge in [0, 0.05) is 5.69 Å². The molecule has 0 atom stereocenters. The zero-order valence-electron chi connectivity index (χ0n) is 7.96. The summed E-state index contributed by atoms with van der Waals surface area (Å²) < 4.78 is 0. The molecule has 0 saturated heterocycles. The maximum absolute atomic E-state index is 5.71. The molecule has 2 aromatic carbocycles. The Labute approximate surface area is 78.2 Å². The standard InChI is InChI=1S/C12H13N/c1-8-3-4-10-7-11(13)5-6-12(10)9(8)2/h3-7H,13H2,1-2H3. The van der Waals surface area contributed by atoms with Gasteiger partial charge in [-0.3, -0.25) is 0 Å². The van der Waals surface area contributed by atoms with Gasteiger partial charge < -0.3 is 5.73 Å². The van der Waals surface area contributed by atoms with Gasteiger partial charge in [-0.25, -0.2) is 0 Å². The summed E-state index contributed by atoms with van der Waals surface area (Å²) in [6, 6.07) is 10.3. The van der Waals surface area contributed by atoms with E-state index in [1.54, 1.807) is 0 Å². The lowest BCUT2D eigenvalue weighted by Gasteiger charge is -2.05. The first kappa shape index (κ1) is 8.11. The van der Waals surface area contributed by atoms with Gasteiger partial charge in [0.15, 0.2) is 0 Å². The average Bonchev–Trinajstić information content (AvgIpc) is 2.12. The Kier molecular flexibility index (Phi) is 1.73. The fraction of sp³-hybridized carbons (Fsp3) is 0.167. The number of anilines is 1. The van der Waals surface area contributed by atoms with Crippen molar-refractivity contribution in [1.82, 2.24) is 0 Å². The van der Waals surface area contributed by atoms with Gasteiger partial charge in [-0.2, -0.15) is 0 Å². The zero-order valence-corrected chi connectivity index (χ0v) is 7.96. The van der Waals surface area contributed by atoms with E-state index in [1.807, 2.05) is 12.1 Å². The predicted molar refractivity (Wildman–Crippen MR) is 57.8 cm³/mol. The fourth-order valence-corrected chi connectivity index (χ4v) is 1.61. The molecule has 1 nitrogen and oxygen atoms in total. The number of fused-ring (bicyclic) bond motifs is 1. The quantitative estimate of drug-likeness (QED) is 0.606. The molecule has 0 fully saturated rings. The summed E-state index contributed by atoms with van der Waals surface area (Å²) in [6.07, 6.45) is 0. The van der Waals surface area contributed by atoms with Crippen LogP contribution in [-0.2, 0) is 0 Å². The van der Waals surface area contributed by atoms with E-state index in [9.17, 15) is 0 Å². The Morgan fingerprint density at radius 1 is 1.00 bits per heavy atom. The Balaban J connectivity index is 2.87. The smallest absolute Gasteiger partial charge is 0.0320 e. The minimum atomic E-state index is 0.829. The van der Waals surface area contributed by atoms with Crippen LogP contribution in [0.4, 0.5) is 5.69 Å². The normalized spacial score (nSPS) is 10.6. The van der Waals surface area contributed by atoms with E-state index in [1.165, 1.54) is 21.9 Å². The van der Waals surface area contributed by atoms with E-state index in [4.69, 9.17) is 5.73 Å². The Hall–Kier alpha value is -1.50. The first-order chi connectivity index (χ1) is 6.18. The van der Waals surface area contributed by atoms with Crippen molar-refractivity contribution in [2.75, 3.05) is 5.73 Å². The maximum Gasteiger partial charge on any atom is 0.0320 e. The van der Waals surface area contributed by atoms with Gasteiger partial charge in [0.2, 0.25) is 0 Å². The summed E-state index contributed by atoms with van der Waals surface area (Å²) >= 11 is 0. The van der Waals surface area contributed by atoms with Crippen LogP contribution in [0.5, 0.6) is 0 Å². The van der Waals surface area contributed by atoms with Crippen LogP contribution in [0.2, 0.25) is 0 Å². The van der Waals surface area contributed by atoms with Crippen molar-refractivity contribution in [2.24, 2.45) is 0 Å². The number of nitrogens with two attached hydrogens (primary N) is 1. The van der Waals surface area contributed by atoms with Gasteiger partial charge in [-0.1, -0.05) is 18.2 Å². The number of aryl methyl sites for hydroxylation is 2. The highest BCUT2D eigenvalue weighted by Gasteiger charge is 1.99. The van der Waals surface area contributed by atoms with Crippen LogP contribution in [0.1, 0.15) is 11.1 Å². The number of hydrogen-bond acceptors (Lipinski definition) is 1. The highest BCUT2D eigenvalue weighted by molar-refractivity contribution is 5.88. The van der Waals surface area contributed by atoms with E-state index >= 15 is 0 Å². The van der Waals surface area contributed by atoms with Crippen molar-refractivity contribution < 1.29 is 0 Å². The molecule has 1 heteroatoms. The molecule has 0 aliphatic heterocycles. The van der Waals surface area contributed by atoms with Gasteiger partial charge in [0.05, 0.1) is 0 Å². The number of rotatable bonds is 0. The fourth-order valence-electron chi connectivity index (χ4n) is 1.61. The molecule has 2 aromatic rings. The Morgan fingerprint density at radius 3 is 2.54 bits per heavy atom. The molecular formula is C12H13N. The van der Waals surface area contributed by atoms with E-state index in [-0.39, 0.29) is 0 Å². The highest BCUT2D eigenvalue weighted by atomic mass is 14.5. The van der Waals surface area contributed by atoms with Crippen LogP contribution < -0.4 is 5.73 Å². The van der Waals surface area contributed by atoms with E-state index < -0.39 is 0 Å². The van der Waals surface area contributed by atoms with Crippen molar-refractivity contribution >= 4 is 16.5 Å². The molecular weight excluding hydrogens is 158 g/mol. The second-order valence-corrected chi connectivity index (χ2v) is 3.49. The molecule has 0 aromatic heterocycles. The highest BCUT2D eigenvalue weighted by Crippen LogP contribution is 2.23. The van der Waals surface area contributed by atoms with Crippen molar-refractivity contribution in [3.8, 4) is 0 Å². The summed E-state index contributed by atoms with van der Waals surface area (Å²) in [5.74, 6) is 0. The molecule has 0 radical (unpaired) electrons. The molecule has 0 spiro atoms. The number of hydrogen-bond donors (Lipinski definition) is 1. The van der Waals surface area contributed by atoms with Crippen LogP contribution >= 0.6 is 0 Å². The average molecular weight is 171 g/mol. The van der Waals surface area contributed by atoms with Gasteiger partial charge in [0.25, 0.3) is 0 Å². The zero-order chi connectivity index (χ0) is 9.42. The molecule has 0 unspecified atom stereocenters. The van der Waals surface area contributed by atoms with Gasteiger partial charge >= 0.3 is 0 Å². The van der Waals surface area contributed by atoms with E-state index in [0.29, 0.717) is 0 Å². The van der Waals surface area contributed by atoms with Crippen LogP contribution in [0.25, 0.3) is 10.8 Å². The second-order valence-electron chi connectivity index (χ2n) is 3.49. The summed E-state index contributed by atoms with van der Waals surface area (Å²) in [5.41, 5.74) is 9.22. The second kappa shape index (κ2) is 2.77. The first-order valence-corrected chi connectivity index (χ1v) is 4.44. The molecule has 0 amide bonds. The topological polar surface area (TPSA) is 26.0 Å². The van der Waals surface area contributed by atoms with Crippen molar-refractivity contribution in [2.45, 2.75) is 13.8 Å². The first-order valence-electron chi connectivity index (χ1n) is 4.44.